The molecule has 14 atom stereocenters. The lowest BCUT2D eigenvalue weighted by atomic mass is 10.0. The minimum atomic E-state index is -0.857. The van der Waals surface area contributed by atoms with E-state index < -0.39 is 78.0 Å². The van der Waals surface area contributed by atoms with Crippen molar-refractivity contribution < 1.29 is 79.5 Å². The predicted molar refractivity (Wildman–Crippen MR) is 393 cm³/mol. The molecule has 30 heteroatoms. The van der Waals surface area contributed by atoms with Crippen LogP contribution in [0.2, 0.25) is 0 Å². The number of rotatable bonds is 14. The van der Waals surface area contributed by atoms with Crippen molar-refractivity contribution in [3.8, 4) is 11.5 Å². The fraction of sp³-hybridized carbons (Fsp3) is 0.368. The maximum atomic E-state index is 11.0. The van der Waals surface area contributed by atoms with Gasteiger partial charge in [0, 0.05) is 61.1 Å². The Morgan fingerprint density at radius 3 is 1.18 bits per heavy atom. The predicted octanol–water partition coefficient (Wildman–Crippen LogP) is 10.8. The molecule has 0 aromatic heterocycles. The highest BCUT2D eigenvalue weighted by atomic mass is 79.9. The second-order valence-corrected chi connectivity index (χ2v) is 32.3. The maximum Gasteiger partial charge on any atom is 0.321 e. The van der Waals surface area contributed by atoms with E-state index in [0.717, 1.165) is 32.3 Å². The molecule has 7 aliphatic rings. The van der Waals surface area contributed by atoms with Crippen molar-refractivity contribution >= 4 is 140 Å². The monoisotopic (exact) mass is 1540 g/mol. The van der Waals surface area contributed by atoms with Crippen LogP contribution in [-0.4, -0.2) is 164 Å². The highest BCUT2D eigenvalue weighted by Gasteiger charge is 2.37. The molecule has 0 spiro atoms. The van der Waals surface area contributed by atoms with Crippen LogP contribution in [0, 0.1) is 26.7 Å². The highest BCUT2D eigenvalue weighted by Crippen LogP contribution is 2.45. The number of nitrogens with one attached hydrogen (secondary N) is 6. The molecule has 0 saturated carbocycles. The third-order valence-electron chi connectivity index (χ3n) is 16.1. The summed E-state index contributed by atoms with van der Waals surface area (Å²) in [5.74, 6) is -1.23. The molecule has 0 aliphatic carbocycles. The normalized spacial score (nSPS) is 26.6. The van der Waals surface area contributed by atoms with Crippen LogP contribution in [0.4, 0.5) is 0 Å². The summed E-state index contributed by atoms with van der Waals surface area (Å²) >= 11 is 14.5. The fourth-order valence-electron chi connectivity index (χ4n) is 10.7. The van der Waals surface area contributed by atoms with Crippen LogP contribution in [0.1, 0.15) is 99.5 Å². The number of hydrogen-bond donors (Lipinski definition) is 15. The Bertz CT molecular complexity index is 3610. The van der Waals surface area contributed by atoms with Crippen molar-refractivity contribution in [3.05, 3.63) is 200 Å². The molecular weight excluding hydrogens is 1460 g/mol. The lowest BCUT2D eigenvalue weighted by Crippen LogP contribution is -2.33. The quantitative estimate of drug-likeness (QED) is 0.0482. The Kier molecular flexibility index (Phi) is 29.7. The molecule has 98 heavy (non-hydrogen) atoms. The summed E-state index contributed by atoms with van der Waals surface area (Å²) in [5.41, 5.74) is 10.8. The molecule has 14 unspecified atom stereocenters. The number of phenols is 2. The van der Waals surface area contributed by atoms with Crippen molar-refractivity contribution in [2.24, 2.45) is 5.92 Å². The molecule has 22 nitrogen and oxygen atoms in total. The first-order chi connectivity index (χ1) is 46.8. The van der Waals surface area contributed by atoms with E-state index in [9.17, 15) is 43.8 Å². The molecule has 7 heterocycles. The maximum absolute atomic E-state index is 11.0. The average Bonchev–Trinajstić information content (AvgIpc) is 1.60. The summed E-state index contributed by atoms with van der Waals surface area (Å²) < 4.78 is 0.862. The zero-order chi connectivity index (χ0) is 70.7. The second kappa shape index (κ2) is 37.5. The molecule has 6 aromatic rings. The molecule has 524 valence electrons. The fourth-order valence-corrected chi connectivity index (χ4v) is 20.0. The van der Waals surface area contributed by atoms with Crippen LogP contribution in [0.5, 0.6) is 11.5 Å². The Morgan fingerprint density at radius 2 is 0.735 bits per heavy atom. The lowest BCUT2D eigenvalue weighted by Gasteiger charge is -2.14. The van der Waals surface area contributed by atoms with E-state index in [1.807, 2.05) is 85.8 Å². The molecule has 7 saturated heterocycles. The van der Waals surface area contributed by atoms with Gasteiger partial charge in [-0.1, -0.05) is 142 Å². The van der Waals surface area contributed by atoms with E-state index in [0.29, 0.717) is 52.3 Å². The van der Waals surface area contributed by atoms with E-state index in [-0.39, 0.29) is 54.9 Å². The standard InChI is InChI=1S/C15H17NO4S2.C12H15NO2S.C11H13NO2S.C10H10BrNO3S.C10H11NO3S.C10H11NO2S/c17-14(18)10-5-12(21-6-10)8-1-3-9(4-2-8)13-16-11(7-22-13)15(19)20;1-7-3-4-8(2)9(5-7)11-13-10(6-16-11)12(14)15;1-7-3-2-4-8(5-7)10-12-9(6-15-10)11(13)14;11-5-1-2-8(13)6(3-5)9-12-7(4-16-9)10(14)15;12-8-4-2-1-3-6(8)9-11-7(5-15-9)10(13)14;12-10(13)8-6-14-9(11-8)7-4-2-1-3-5-7/h1-4,10-13,16H,5-7H2,(H,17,18)(H,19,20);3-5,10-11,13H,6H2,1-2H3,(H,14,15);2-5,9-10,12H,6H2,1H3,(H,13,14);1-3,7,9,12-13H,4H2,(H,14,15);1-4,7,9,11-12H,5H2,(H,13,14);1-5,8-9,11H,6H2,(H,12,13). The summed E-state index contributed by atoms with van der Waals surface area (Å²) in [5, 5.41) is 100. The van der Waals surface area contributed by atoms with Gasteiger partial charge in [-0.15, -0.1) is 70.6 Å². The number of thioether (sulfide) groups is 7. The van der Waals surface area contributed by atoms with Crippen LogP contribution in [-0.2, 0) is 33.6 Å². The summed E-state index contributed by atoms with van der Waals surface area (Å²) in [7, 11) is 0. The molecule has 7 aliphatic heterocycles. The van der Waals surface area contributed by atoms with Gasteiger partial charge in [-0.3, -0.25) is 65.5 Å². The summed E-state index contributed by atoms with van der Waals surface area (Å²) in [6.07, 6.45) is 0.677. The van der Waals surface area contributed by atoms with Gasteiger partial charge < -0.3 is 46.0 Å². The second-order valence-electron chi connectivity index (χ2n) is 23.3. The number of aryl methyl sites for hydroxylation is 3. The Balaban J connectivity index is 0.000000151. The summed E-state index contributed by atoms with van der Waals surface area (Å²) in [4.78, 5) is 75.8. The zero-order valence-electron chi connectivity index (χ0n) is 53.1. The van der Waals surface area contributed by atoms with Crippen molar-refractivity contribution in [2.75, 3.05) is 40.3 Å². The number of hydrogen-bond acceptors (Lipinski definition) is 22. The topological polar surface area (TPSA) is 374 Å². The van der Waals surface area contributed by atoms with Gasteiger partial charge in [-0.05, 0) is 84.8 Å². The van der Waals surface area contributed by atoms with Crippen molar-refractivity contribution in [3.63, 3.8) is 0 Å². The number of carbonyl (C=O) groups is 7. The first kappa shape index (κ1) is 77.6. The van der Waals surface area contributed by atoms with Crippen LogP contribution in [0.3, 0.4) is 0 Å². The van der Waals surface area contributed by atoms with Gasteiger partial charge >= 0.3 is 41.8 Å². The minimum absolute atomic E-state index is 0.0122. The van der Waals surface area contributed by atoms with Crippen molar-refractivity contribution in [1.29, 1.82) is 0 Å². The van der Waals surface area contributed by atoms with E-state index in [1.165, 1.54) is 45.8 Å². The third kappa shape index (κ3) is 22.4. The summed E-state index contributed by atoms with van der Waals surface area (Å²) in [6, 6.07) is 41.7. The number of halogens is 1. The molecular formula is C68H77BrN6O16S7. The largest absolute Gasteiger partial charge is 0.508 e. The number of carboxylic acids is 7. The van der Waals surface area contributed by atoms with Crippen LogP contribution in [0.25, 0.3) is 0 Å². The molecule has 6 aromatic carbocycles. The Labute approximate surface area is 605 Å². The van der Waals surface area contributed by atoms with Crippen LogP contribution in [0.15, 0.2) is 144 Å². The molecule has 13 rings (SSSR count). The number of benzene rings is 6. The van der Waals surface area contributed by atoms with Gasteiger partial charge in [0.2, 0.25) is 0 Å². The van der Waals surface area contributed by atoms with Gasteiger partial charge in [-0.25, -0.2) is 0 Å². The Hall–Kier alpha value is -6.10. The van der Waals surface area contributed by atoms with E-state index >= 15 is 0 Å². The highest BCUT2D eigenvalue weighted by molar-refractivity contribution is 9.10. The Morgan fingerprint density at radius 1 is 0.347 bits per heavy atom. The van der Waals surface area contributed by atoms with Gasteiger partial charge in [0.25, 0.3) is 0 Å². The van der Waals surface area contributed by atoms with Gasteiger partial charge in [0.15, 0.2) is 0 Å². The number of para-hydroxylation sites is 1. The number of phenolic OH excluding ortho intramolecular Hbond substituents is 2. The van der Waals surface area contributed by atoms with Crippen molar-refractivity contribution in [1.82, 2.24) is 31.9 Å². The molecule has 0 amide bonds. The van der Waals surface area contributed by atoms with Gasteiger partial charge in [0.1, 0.15) is 47.8 Å². The minimum Gasteiger partial charge on any atom is -0.508 e. The SMILES string of the molecule is Cc1ccc(C)c(C2NC(C(=O)O)CS2)c1.Cc1cccc(C2NC(C(=O)O)CS2)c1.O=C(O)C1CSC(c2cc(Br)ccc2O)N1.O=C(O)C1CSC(c2ccc(C3NC(C(=O)O)CS3)cc2)C1.O=C(O)C1CSC(c2ccccc2)N1.O=C(O)C1CSC(c2ccccc2O)N1. The van der Waals surface area contributed by atoms with Crippen LogP contribution >= 0.6 is 98.3 Å². The zero-order valence-corrected chi connectivity index (χ0v) is 60.4. The van der Waals surface area contributed by atoms with E-state index in [2.05, 4.69) is 85.9 Å². The molecule has 0 bridgehead atoms. The average molecular weight is 1540 g/mol. The van der Waals surface area contributed by atoms with Gasteiger partial charge in [0.05, 0.1) is 38.2 Å². The molecule has 7 fully saturated rings. The number of carboxylic acid groups (broad SMARTS) is 7. The summed E-state index contributed by atoms with van der Waals surface area (Å²) in [6.45, 7) is 6.15. The third-order valence-corrected chi connectivity index (χ3v) is 25.6. The number of aliphatic carboxylic acids is 7. The lowest BCUT2D eigenvalue weighted by molar-refractivity contribution is -0.141. The first-order valence-corrected chi connectivity index (χ1v) is 39.0. The van der Waals surface area contributed by atoms with Crippen LogP contribution < -0.4 is 31.9 Å². The van der Waals surface area contributed by atoms with E-state index in [4.69, 9.17) is 35.7 Å². The smallest absolute Gasteiger partial charge is 0.321 e. The molecule has 15 N–H and O–H groups in total. The molecule has 0 radical (unpaired) electrons. The number of aromatic hydroxyl groups is 2. The first-order valence-electron chi connectivity index (χ1n) is 30.8. The van der Waals surface area contributed by atoms with Crippen molar-refractivity contribution in [2.45, 2.75) is 101 Å². The van der Waals surface area contributed by atoms with E-state index in [1.54, 1.807) is 95.2 Å². The van der Waals surface area contributed by atoms with Gasteiger partial charge in [-0.2, -0.15) is 11.8 Å².